The summed E-state index contributed by atoms with van der Waals surface area (Å²) < 4.78 is 3.10. The van der Waals surface area contributed by atoms with E-state index in [4.69, 9.17) is 0 Å². The third kappa shape index (κ3) is 3.54. The van der Waals surface area contributed by atoms with Gasteiger partial charge in [0.2, 0.25) is 0 Å². The lowest BCUT2D eigenvalue weighted by molar-refractivity contribution is 0.102. The summed E-state index contributed by atoms with van der Waals surface area (Å²) in [7, 11) is 0. The van der Waals surface area contributed by atoms with Gasteiger partial charge in [-0.05, 0) is 36.8 Å². The summed E-state index contributed by atoms with van der Waals surface area (Å²) in [4.78, 5) is 16.7. The number of halogens is 1. The van der Waals surface area contributed by atoms with Crippen molar-refractivity contribution in [2.24, 2.45) is 0 Å². The standard InChI is InChI=1S/C16H12BrNOS2/c1-10-2-7-13-15(8-10)21-16(18-13)20-9-14(19)11-3-5-12(17)6-4-11/h2-8H,9H2,1H3. The number of aromatic nitrogens is 1. The molecule has 0 aliphatic rings. The van der Waals surface area contributed by atoms with Crippen molar-refractivity contribution in [3.63, 3.8) is 0 Å². The first-order valence-electron chi connectivity index (χ1n) is 6.40. The van der Waals surface area contributed by atoms with Crippen LogP contribution in [0.3, 0.4) is 0 Å². The van der Waals surface area contributed by atoms with Gasteiger partial charge in [-0.15, -0.1) is 11.3 Å². The van der Waals surface area contributed by atoms with Crippen LogP contribution in [-0.4, -0.2) is 16.5 Å². The maximum absolute atomic E-state index is 12.1. The second-order valence-electron chi connectivity index (χ2n) is 4.67. The number of nitrogens with zero attached hydrogens (tertiary/aromatic N) is 1. The number of thioether (sulfide) groups is 1. The number of aryl methyl sites for hydroxylation is 1. The highest BCUT2D eigenvalue weighted by molar-refractivity contribution is 9.10. The SMILES string of the molecule is Cc1ccc2nc(SCC(=O)c3ccc(Br)cc3)sc2c1. The minimum Gasteiger partial charge on any atom is -0.293 e. The average molecular weight is 378 g/mol. The second kappa shape index (κ2) is 6.30. The number of fused-ring (bicyclic) bond motifs is 1. The van der Waals surface area contributed by atoms with Crippen LogP contribution >= 0.6 is 39.0 Å². The molecule has 2 aromatic carbocycles. The minimum absolute atomic E-state index is 0.128. The van der Waals surface area contributed by atoms with E-state index in [0.29, 0.717) is 5.75 Å². The lowest BCUT2D eigenvalue weighted by Crippen LogP contribution is -2.01. The maximum Gasteiger partial charge on any atom is 0.173 e. The fraction of sp³-hybridized carbons (Fsp3) is 0.125. The number of carbonyl (C=O) groups is 1. The van der Waals surface area contributed by atoms with Gasteiger partial charge in [0, 0.05) is 10.0 Å². The number of hydrogen-bond acceptors (Lipinski definition) is 4. The first-order chi connectivity index (χ1) is 10.1. The van der Waals surface area contributed by atoms with Gasteiger partial charge in [-0.25, -0.2) is 4.98 Å². The van der Waals surface area contributed by atoms with E-state index in [2.05, 4.69) is 40.0 Å². The molecule has 106 valence electrons. The van der Waals surface area contributed by atoms with Crippen LogP contribution in [0, 0.1) is 6.92 Å². The Morgan fingerprint density at radius 3 is 2.76 bits per heavy atom. The molecule has 0 saturated heterocycles. The molecule has 3 aromatic rings. The van der Waals surface area contributed by atoms with Crippen LogP contribution in [0.25, 0.3) is 10.2 Å². The first-order valence-corrected chi connectivity index (χ1v) is 9.00. The van der Waals surface area contributed by atoms with E-state index < -0.39 is 0 Å². The summed E-state index contributed by atoms with van der Waals surface area (Å²) in [5, 5.41) is 0. The third-order valence-corrected chi connectivity index (χ3v) is 5.71. The molecule has 5 heteroatoms. The van der Waals surface area contributed by atoms with Crippen LogP contribution in [-0.2, 0) is 0 Å². The smallest absolute Gasteiger partial charge is 0.173 e. The van der Waals surface area contributed by atoms with Crippen LogP contribution in [0.15, 0.2) is 51.3 Å². The molecule has 21 heavy (non-hydrogen) atoms. The zero-order chi connectivity index (χ0) is 14.8. The lowest BCUT2D eigenvalue weighted by Gasteiger charge is -1.99. The van der Waals surface area contributed by atoms with Crippen LogP contribution < -0.4 is 0 Å². The Balaban J connectivity index is 1.71. The first kappa shape index (κ1) is 14.8. The summed E-state index contributed by atoms with van der Waals surface area (Å²) in [6.07, 6.45) is 0. The zero-order valence-corrected chi connectivity index (χ0v) is 14.5. The topological polar surface area (TPSA) is 30.0 Å². The molecule has 0 spiro atoms. The van der Waals surface area contributed by atoms with Crippen LogP contribution in [0.2, 0.25) is 0 Å². The van der Waals surface area contributed by atoms with Gasteiger partial charge >= 0.3 is 0 Å². The quantitative estimate of drug-likeness (QED) is 0.453. The lowest BCUT2D eigenvalue weighted by atomic mass is 10.2. The van der Waals surface area contributed by atoms with Crippen molar-refractivity contribution in [1.82, 2.24) is 4.98 Å². The van der Waals surface area contributed by atoms with Gasteiger partial charge in [-0.1, -0.05) is 45.9 Å². The van der Waals surface area contributed by atoms with Gasteiger partial charge in [0.05, 0.1) is 16.0 Å². The number of benzene rings is 2. The number of rotatable bonds is 4. The molecule has 3 rings (SSSR count). The van der Waals surface area contributed by atoms with E-state index in [-0.39, 0.29) is 5.78 Å². The molecule has 2 nitrogen and oxygen atoms in total. The minimum atomic E-state index is 0.128. The van der Waals surface area contributed by atoms with Crippen molar-refractivity contribution in [2.75, 3.05) is 5.75 Å². The third-order valence-electron chi connectivity index (χ3n) is 3.02. The van der Waals surface area contributed by atoms with Crippen molar-refractivity contribution in [3.8, 4) is 0 Å². The number of Topliss-reactive ketones (excluding diaryl/α,β-unsaturated/α-hetero) is 1. The Labute approximate surface area is 139 Å². The van der Waals surface area contributed by atoms with E-state index in [0.717, 1.165) is 19.9 Å². The van der Waals surface area contributed by atoms with Gasteiger partial charge in [0.25, 0.3) is 0 Å². The normalized spacial score (nSPS) is 11.0. The van der Waals surface area contributed by atoms with E-state index in [9.17, 15) is 4.79 Å². The second-order valence-corrected chi connectivity index (χ2v) is 7.84. The predicted octanol–water partition coefficient (Wildman–Crippen LogP) is 5.34. The molecular formula is C16H12BrNOS2. The number of hydrogen-bond donors (Lipinski definition) is 0. The predicted molar refractivity (Wildman–Crippen MR) is 93.6 cm³/mol. The summed E-state index contributed by atoms with van der Waals surface area (Å²) in [6, 6.07) is 13.7. The molecule has 1 aromatic heterocycles. The highest BCUT2D eigenvalue weighted by atomic mass is 79.9. The van der Waals surface area contributed by atoms with Crippen molar-refractivity contribution < 1.29 is 4.79 Å². The molecule has 1 heterocycles. The summed E-state index contributed by atoms with van der Waals surface area (Å²) in [5.74, 6) is 0.545. The van der Waals surface area contributed by atoms with Crippen molar-refractivity contribution >= 4 is 55.0 Å². The monoisotopic (exact) mass is 377 g/mol. The van der Waals surface area contributed by atoms with Crippen molar-refractivity contribution in [3.05, 3.63) is 58.1 Å². The number of ketones is 1. The molecule has 0 fully saturated rings. The van der Waals surface area contributed by atoms with E-state index in [1.807, 2.05) is 30.3 Å². The van der Waals surface area contributed by atoms with Gasteiger partial charge < -0.3 is 0 Å². The highest BCUT2D eigenvalue weighted by Gasteiger charge is 2.09. The van der Waals surface area contributed by atoms with Gasteiger partial charge in [0.1, 0.15) is 0 Å². The Kier molecular flexibility index (Phi) is 4.42. The molecule has 0 atom stereocenters. The average Bonchev–Trinajstić information content (AvgIpc) is 2.87. The van der Waals surface area contributed by atoms with Gasteiger partial charge in [-0.3, -0.25) is 4.79 Å². The van der Waals surface area contributed by atoms with Crippen LogP contribution in [0.1, 0.15) is 15.9 Å². The zero-order valence-electron chi connectivity index (χ0n) is 11.3. The molecule has 0 aliphatic carbocycles. The van der Waals surface area contributed by atoms with E-state index >= 15 is 0 Å². The Morgan fingerprint density at radius 1 is 1.24 bits per heavy atom. The largest absolute Gasteiger partial charge is 0.293 e. The number of thiazole rings is 1. The molecule has 0 aliphatic heterocycles. The molecule has 0 N–H and O–H groups in total. The number of carbonyl (C=O) groups excluding carboxylic acids is 1. The van der Waals surface area contributed by atoms with Gasteiger partial charge in [-0.2, -0.15) is 0 Å². The molecule has 0 saturated carbocycles. The van der Waals surface area contributed by atoms with Gasteiger partial charge in [0.15, 0.2) is 10.1 Å². The summed E-state index contributed by atoms with van der Waals surface area (Å²) in [6.45, 7) is 2.07. The molecular weight excluding hydrogens is 366 g/mol. The summed E-state index contributed by atoms with van der Waals surface area (Å²) >= 11 is 6.52. The summed E-state index contributed by atoms with van der Waals surface area (Å²) in [5.41, 5.74) is 2.97. The maximum atomic E-state index is 12.1. The molecule has 0 bridgehead atoms. The van der Waals surface area contributed by atoms with Crippen LogP contribution in [0.4, 0.5) is 0 Å². The molecule has 0 amide bonds. The fourth-order valence-corrected chi connectivity index (χ4v) is 4.24. The van der Waals surface area contributed by atoms with Crippen LogP contribution in [0.5, 0.6) is 0 Å². The van der Waals surface area contributed by atoms with E-state index in [1.54, 1.807) is 11.3 Å². The molecule has 0 radical (unpaired) electrons. The Morgan fingerprint density at radius 2 is 2.00 bits per heavy atom. The Bertz CT molecular complexity index is 796. The van der Waals surface area contributed by atoms with E-state index in [1.165, 1.54) is 22.0 Å². The fourth-order valence-electron chi connectivity index (χ4n) is 1.92. The molecule has 0 unspecified atom stereocenters. The Hall–Kier alpha value is -1.17. The van der Waals surface area contributed by atoms with Crippen molar-refractivity contribution in [2.45, 2.75) is 11.3 Å². The highest BCUT2D eigenvalue weighted by Crippen LogP contribution is 2.30. The van der Waals surface area contributed by atoms with Crippen molar-refractivity contribution in [1.29, 1.82) is 0 Å².